The molecule has 1 aromatic carbocycles. The second-order valence-corrected chi connectivity index (χ2v) is 9.52. The zero-order chi connectivity index (χ0) is 26.5. The van der Waals surface area contributed by atoms with Crippen LogP contribution >= 0.6 is 0 Å². The predicted molar refractivity (Wildman–Crippen MR) is 133 cm³/mol. The Balaban J connectivity index is 0.000000454. The van der Waals surface area contributed by atoms with Crippen LogP contribution < -0.4 is 14.4 Å². The Bertz CT molecular complexity index is 1050. The van der Waals surface area contributed by atoms with Crippen LogP contribution in [-0.4, -0.2) is 73.6 Å². The third kappa shape index (κ3) is 6.72. The first-order valence-electron chi connectivity index (χ1n) is 12.4. The molecule has 0 radical (unpaired) electrons. The largest absolute Gasteiger partial charge is 0.493 e. The molecule has 2 heterocycles. The van der Waals surface area contributed by atoms with Gasteiger partial charge in [-0.3, -0.25) is 0 Å². The SMILES string of the molecule is COc1cc2c3c(c(N(C)C(C)C)nc2cc1OCCCN1CCCC1)CCC3.O=C(O)C(F)(F)F. The van der Waals surface area contributed by atoms with Crippen molar-refractivity contribution in [3.8, 4) is 11.5 Å². The maximum atomic E-state index is 10.6. The van der Waals surface area contributed by atoms with Gasteiger partial charge in [-0.05, 0) is 82.7 Å². The minimum absolute atomic E-state index is 0.421. The maximum Gasteiger partial charge on any atom is 0.490 e. The molecule has 2 aromatic rings. The molecule has 1 aromatic heterocycles. The molecule has 1 aliphatic heterocycles. The van der Waals surface area contributed by atoms with E-state index in [1.807, 2.05) is 0 Å². The number of ether oxygens (including phenoxy) is 2. The van der Waals surface area contributed by atoms with Gasteiger partial charge >= 0.3 is 12.1 Å². The molecule has 200 valence electrons. The third-order valence-corrected chi connectivity index (χ3v) is 6.75. The van der Waals surface area contributed by atoms with Crippen LogP contribution in [0.1, 0.15) is 50.7 Å². The van der Waals surface area contributed by atoms with Crippen LogP contribution in [0.5, 0.6) is 11.5 Å². The summed E-state index contributed by atoms with van der Waals surface area (Å²) in [5.74, 6) is 0.00204. The summed E-state index contributed by atoms with van der Waals surface area (Å²) in [4.78, 5) is 18.8. The molecule has 36 heavy (non-hydrogen) atoms. The highest BCUT2D eigenvalue weighted by atomic mass is 19.4. The summed E-state index contributed by atoms with van der Waals surface area (Å²) < 4.78 is 43.6. The zero-order valence-corrected chi connectivity index (χ0v) is 21.5. The summed E-state index contributed by atoms with van der Waals surface area (Å²) in [6.07, 6.45) is 2.06. The van der Waals surface area contributed by atoms with E-state index in [-0.39, 0.29) is 0 Å². The molecule has 0 amide bonds. The lowest BCUT2D eigenvalue weighted by molar-refractivity contribution is -0.192. The Hall–Kier alpha value is -2.75. The zero-order valence-electron chi connectivity index (χ0n) is 21.5. The topological polar surface area (TPSA) is 75.1 Å². The highest BCUT2D eigenvalue weighted by Gasteiger charge is 2.38. The number of likely N-dealkylation sites (tertiary alicyclic amines) is 1. The van der Waals surface area contributed by atoms with Gasteiger partial charge in [0.25, 0.3) is 0 Å². The van der Waals surface area contributed by atoms with Crippen molar-refractivity contribution < 1.29 is 32.5 Å². The number of carboxylic acids is 1. The van der Waals surface area contributed by atoms with Crippen LogP contribution in [0.15, 0.2) is 12.1 Å². The molecule has 1 aliphatic carbocycles. The van der Waals surface area contributed by atoms with Crippen molar-refractivity contribution in [2.24, 2.45) is 0 Å². The predicted octanol–water partition coefficient (Wildman–Crippen LogP) is 5.07. The van der Waals surface area contributed by atoms with Crippen molar-refractivity contribution in [2.45, 2.75) is 64.6 Å². The van der Waals surface area contributed by atoms with E-state index in [0.29, 0.717) is 12.6 Å². The number of nitrogens with zero attached hydrogens (tertiary/aromatic N) is 3. The molecule has 7 nitrogen and oxygen atoms in total. The minimum Gasteiger partial charge on any atom is -0.493 e. The van der Waals surface area contributed by atoms with Gasteiger partial charge in [-0.2, -0.15) is 13.2 Å². The summed E-state index contributed by atoms with van der Waals surface area (Å²) in [5.41, 5.74) is 3.87. The number of carbonyl (C=O) groups is 1. The lowest BCUT2D eigenvalue weighted by Gasteiger charge is -2.26. The second-order valence-electron chi connectivity index (χ2n) is 9.52. The molecular formula is C26H36F3N3O4. The second kappa shape index (κ2) is 12.0. The monoisotopic (exact) mass is 511 g/mol. The number of hydrogen-bond donors (Lipinski definition) is 1. The maximum absolute atomic E-state index is 10.6. The van der Waals surface area contributed by atoms with Gasteiger partial charge in [0.05, 0.1) is 19.2 Å². The number of hydrogen-bond acceptors (Lipinski definition) is 6. The average Bonchev–Trinajstić information content (AvgIpc) is 3.52. The molecule has 0 atom stereocenters. The van der Waals surface area contributed by atoms with Gasteiger partial charge in [0.15, 0.2) is 11.5 Å². The fourth-order valence-corrected chi connectivity index (χ4v) is 4.64. The Morgan fingerprint density at radius 3 is 2.36 bits per heavy atom. The Kier molecular flexibility index (Phi) is 9.27. The third-order valence-electron chi connectivity index (χ3n) is 6.75. The van der Waals surface area contributed by atoms with Gasteiger partial charge in [-0.15, -0.1) is 0 Å². The first kappa shape index (κ1) is 27.8. The summed E-state index contributed by atoms with van der Waals surface area (Å²) in [6.45, 7) is 8.74. The molecule has 0 spiro atoms. The number of aromatic nitrogens is 1. The van der Waals surface area contributed by atoms with E-state index in [1.54, 1.807) is 7.11 Å². The number of halogens is 3. The highest BCUT2D eigenvalue weighted by molar-refractivity contribution is 5.89. The Labute approximate surface area is 210 Å². The van der Waals surface area contributed by atoms with E-state index in [0.717, 1.165) is 48.6 Å². The summed E-state index contributed by atoms with van der Waals surface area (Å²) in [6, 6.07) is 4.64. The molecule has 0 saturated carbocycles. The number of carboxylic acid groups (broad SMARTS) is 1. The Morgan fingerprint density at radius 1 is 1.14 bits per heavy atom. The van der Waals surface area contributed by atoms with Crippen LogP contribution in [0.3, 0.4) is 0 Å². The fraction of sp³-hybridized carbons (Fsp3) is 0.615. The number of aliphatic carboxylic acids is 1. The molecule has 1 saturated heterocycles. The van der Waals surface area contributed by atoms with Crippen molar-refractivity contribution in [3.63, 3.8) is 0 Å². The van der Waals surface area contributed by atoms with E-state index in [1.165, 1.54) is 48.9 Å². The number of aryl methyl sites for hydroxylation is 1. The smallest absolute Gasteiger partial charge is 0.490 e. The van der Waals surface area contributed by atoms with E-state index in [4.69, 9.17) is 24.4 Å². The molecule has 0 unspecified atom stereocenters. The van der Waals surface area contributed by atoms with E-state index >= 15 is 0 Å². The number of anilines is 1. The lowest BCUT2D eigenvalue weighted by atomic mass is 10.0. The fourth-order valence-electron chi connectivity index (χ4n) is 4.64. The minimum atomic E-state index is -5.08. The normalized spacial score (nSPS) is 15.6. The summed E-state index contributed by atoms with van der Waals surface area (Å²) in [7, 11) is 3.88. The van der Waals surface area contributed by atoms with Crippen LogP contribution in [0.25, 0.3) is 10.9 Å². The van der Waals surface area contributed by atoms with Gasteiger partial charge < -0.3 is 24.4 Å². The number of rotatable bonds is 8. The van der Waals surface area contributed by atoms with Crippen LogP contribution in [-0.2, 0) is 17.6 Å². The molecular weight excluding hydrogens is 475 g/mol. The van der Waals surface area contributed by atoms with Crippen molar-refractivity contribution in [3.05, 3.63) is 23.3 Å². The van der Waals surface area contributed by atoms with Gasteiger partial charge in [-0.25, -0.2) is 9.78 Å². The van der Waals surface area contributed by atoms with Gasteiger partial charge in [0.2, 0.25) is 0 Å². The molecule has 1 N–H and O–H groups in total. The summed E-state index contributed by atoms with van der Waals surface area (Å²) in [5, 5.41) is 8.35. The standard InChI is InChI=1S/C24H35N3O2.C2HF3O2/c1-17(2)26(3)24-19-10-7-9-18(19)20-15-22(28-4)23(16-21(20)25-24)29-14-8-13-27-11-5-6-12-27;3-2(4,5)1(6)7/h15-17H,5-14H2,1-4H3;(H,6,7). The van der Waals surface area contributed by atoms with E-state index in [2.05, 4.69) is 42.8 Å². The first-order valence-corrected chi connectivity index (χ1v) is 12.4. The molecule has 4 rings (SSSR count). The quantitative estimate of drug-likeness (QED) is 0.496. The number of alkyl halides is 3. The molecule has 1 fully saturated rings. The van der Waals surface area contributed by atoms with Gasteiger partial charge in [-0.1, -0.05) is 0 Å². The van der Waals surface area contributed by atoms with Gasteiger partial charge in [0.1, 0.15) is 5.82 Å². The van der Waals surface area contributed by atoms with Crippen LogP contribution in [0, 0.1) is 0 Å². The van der Waals surface area contributed by atoms with Crippen molar-refractivity contribution in [1.82, 2.24) is 9.88 Å². The van der Waals surface area contributed by atoms with E-state index < -0.39 is 12.1 Å². The highest BCUT2D eigenvalue weighted by Crippen LogP contribution is 2.40. The van der Waals surface area contributed by atoms with Crippen molar-refractivity contribution in [2.75, 3.05) is 45.3 Å². The Morgan fingerprint density at radius 2 is 1.78 bits per heavy atom. The number of benzene rings is 1. The molecule has 2 aliphatic rings. The van der Waals surface area contributed by atoms with Crippen molar-refractivity contribution in [1.29, 1.82) is 0 Å². The van der Waals surface area contributed by atoms with Gasteiger partial charge in [0, 0.05) is 31.1 Å². The summed E-state index contributed by atoms with van der Waals surface area (Å²) >= 11 is 0. The number of fused-ring (bicyclic) bond motifs is 3. The van der Waals surface area contributed by atoms with Crippen LogP contribution in [0.2, 0.25) is 0 Å². The van der Waals surface area contributed by atoms with Crippen LogP contribution in [0.4, 0.5) is 19.0 Å². The first-order chi connectivity index (χ1) is 17.0. The number of methoxy groups -OCH3 is 1. The van der Waals surface area contributed by atoms with Crippen molar-refractivity contribution >= 4 is 22.7 Å². The molecule has 10 heteroatoms. The lowest BCUT2D eigenvalue weighted by Crippen LogP contribution is -2.27. The molecule has 0 bridgehead atoms. The average molecular weight is 512 g/mol. The van der Waals surface area contributed by atoms with E-state index in [9.17, 15) is 13.2 Å². The number of pyridine rings is 1.